The van der Waals surface area contributed by atoms with Crippen LogP contribution in [0.1, 0.15) is 12.0 Å². The van der Waals surface area contributed by atoms with Gasteiger partial charge in [0.05, 0.1) is 18.5 Å². The highest BCUT2D eigenvalue weighted by molar-refractivity contribution is 5.82. The second-order valence-electron chi connectivity index (χ2n) is 5.90. The summed E-state index contributed by atoms with van der Waals surface area (Å²) in [7, 11) is 3.66. The Balaban J connectivity index is 1.55. The fourth-order valence-corrected chi connectivity index (χ4v) is 2.93. The third-order valence-corrected chi connectivity index (χ3v) is 4.35. The third-order valence-electron chi connectivity index (χ3n) is 4.35. The molecule has 1 amide bonds. The van der Waals surface area contributed by atoms with Gasteiger partial charge in [0.2, 0.25) is 5.91 Å². The van der Waals surface area contributed by atoms with Gasteiger partial charge in [-0.1, -0.05) is 12.1 Å². The van der Waals surface area contributed by atoms with Gasteiger partial charge in [0.15, 0.2) is 0 Å². The highest BCUT2D eigenvalue weighted by Gasteiger charge is 2.34. The molecular weight excluding hydrogens is 292 g/mol. The number of rotatable bonds is 5. The summed E-state index contributed by atoms with van der Waals surface area (Å²) < 4.78 is 7.29. The fraction of sp³-hybridized carbons (Fsp3) is 0.412. The number of likely N-dealkylation sites (tertiary alicyclic amines) is 1. The van der Waals surface area contributed by atoms with Crippen LogP contribution >= 0.6 is 0 Å². The van der Waals surface area contributed by atoms with E-state index < -0.39 is 0 Å². The van der Waals surface area contributed by atoms with Crippen LogP contribution in [0.3, 0.4) is 0 Å². The zero-order chi connectivity index (χ0) is 16.2. The van der Waals surface area contributed by atoms with Crippen molar-refractivity contribution in [2.45, 2.75) is 25.1 Å². The smallest absolute Gasteiger partial charge is 0.237 e. The number of benzene rings is 1. The number of hydrogen-bond acceptors (Lipinski definition) is 4. The standard InChI is InChI=1S/C17H22N4O2/c1-20-11-15(23-2)9-16(20)17(22)19-10-13-3-5-14(6-4-13)21-8-7-18-12-21/h3-8,12,15-16H,9-11H2,1-2H3,(H,19,22)/t15-,16-/m0/s1. The van der Waals surface area contributed by atoms with E-state index in [9.17, 15) is 4.79 Å². The lowest BCUT2D eigenvalue weighted by atomic mass is 10.1. The SMILES string of the molecule is CO[C@H]1C[C@@H](C(=O)NCc2ccc(-n3ccnc3)cc2)N(C)C1. The average Bonchev–Trinajstić information content (AvgIpc) is 3.22. The summed E-state index contributed by atoms with van der Waals surface area (Å²) in [5.74, 6) is 0.0609. The first-order chi connectivity index (χ1) is 11.2. The molecule has 0 unspecified atom stereocenters. The van der Waals surface area contributed by atoms with E-state index in [1.165, 1.54) is 0 Å². The van der Waals surface area contributed by atoms with E-state index in [4.69, 9.17) is 4.74 Å². The number of amides is 1. The van der Waals surface area contributed by atoms with Crippen LogP contribution in [-0.4, -0.2) is 53.2 Å². The summed E-state index contributed by atoms with van der Waals surface area (Å²) in [6.07, 6.45) is 6.31. The van der Waals surface area contributed by atoms with Crippen molar-refractivity contribution in [1.82, 2.24) is 19.8 Å². The number of ether oxygens (including phenoxy) is 1. The normalized spacial score (nSPS) is 21.5. The zero-order valence-corrected chi connectivity index (χ0v) is 13.5. The Hall–Kier alpha value is -2.18. The molecule has 6 heteroatoms. The molecule has 3 rings (SSSR count). The van der Waals surface area contributed by atoms with Gasteiger partial charge < -0.3 is 14.6 Å². The largest absolute Gasteiger partial charge is 0.380 e. The van der Waals surface area contributed by atoms with Crippen LogP contribution in [0.4, 0.5) is 0 Å². The molecule has 1 aliphatic rings. The summed E-state index contributed by atoms with van der Waals surface area (Å²) in [6, 6.07) is 7.97. The van der Waals surface area contributed by atoms with Crippen LogP contribution in [-0.2, 0) is 16.1 Å². The molecule has 2 aromatic rings. The van der Waals surface area contributed by atoms with Crippen molar-refractivity contribution in [2.24, 2.45) is 0 Å². The van der Waals surface area contributed by atoms with Crippen molar-refractivity contribution >= 4 is 5.91 Å². The molecule has 2 heterocycles. The lowest BCUT2D eigenvalue weighted by molar-refractivity contribution is -0.125. The molecule has 1 aromatic carbocycles. The summed E-state index contributed by atoms with van der Waals surface area (Å²) in [5, 5.41) is 3.01. The average molecular weight is 314 g/mol. The Kier molecular flexibility index (Phi) is 4.73. The van der Waals surface area contributed by atoms with E-state index in [2.05, 4.69) is 10.3 Å². The quantitative estimate of drug-likeness (QED) is 0.901. The number of aromatic nitrogens is 2. The Morgan fingerprint density at radius 3 is 2.78 bits per heavy atom. The van der Waals surface area contributed by atoms with Gasteiger partial charge in [0.25, 0.3) is 0 Å². The molecule has 1 aromatic heterocycles. The minimum Gasteiger partial charge on any atom is -0.380 e. The van der Waals surface area contributed by atoms with Gasteiger partial charge in [-0.25, -0.2) is 4.98 Å². The third kappa shape index (κ3) is 3.60. The Morgan fingerprint density at radius 2 is 2.17 bits per heavy atom. The van der Waals surface area contributed by atoms with Crippen molar-refractivity contribution in [3.8, 4) is 5.69 Å². The van der Waals surface area contributed by atoms with Crippen molar-refractivity contribution in [3.63, 3.8) is 0 Å². The second-order valence-corrected chi connectivity index (χ2v) is 5.90. The van der Waals surface area contributed by atoms with E-state index >= 15 is 0 Å². The van der Waals surface area contributed by atoms with Gasteiger partial charge in [-0.2, -0.15) is 0 Å². The van der Waals surface area contributed by atoms with Gasteiger partial charge >= 0.3 is 0 Å². The maximum Gasteiger partial charge on any atom is 0.237 e. The molecule has 0 saturated carbocycles. The van der Waals surface area contributed by atoms with E-state index in [-0.39, 0.29) is 18.1 Å². The number of likely N-dealkylation sites (N-methyl/N-ethyl adjacent to an activating group) is 1. The second kappa shape index (κ2) is 6.93. The van der Waals surface area contributed by atoms with E-state index in [1.54, 1.807) is 19.6 Å². The molecule has 0 radical (unpaired) electrons. The molecule has 2 atom stereocenters. The minimum atomic E-state index is -0.106. The number of methoxy groups -OCH3 is 1. The van der Waals surface area contributed by atoms with Crippen molar-refractivity contribution in [3.05, 3.63) is 48.5 Å². The van der Waals surface area contributed by atoms with Gasteiger partial charge in [-0.05, 0) is 31.2 Å². The van der Waals surface area contributed by atoms with Gasteiger partial charge in [-0.15, -0.1) is 0 Å². The molecule has 0 aliphatic carbocycles. The molecule has 1 N–H and O–H groups in total. The molecule has 122 valence electrons. The maximum absolute atomic E-state index is 12.3. The highest BCUT2D eigenvalue weighted by atomic mass is 16.5. The van der Waals surface area contributed by atoms with Crippen LogP contribution in [0.5, 0.6) is 0 Å². The van der Waals surface area contributed by atoms with E-state index in [0.29, 0.717) is 6.54 Å². The number of nitrogens with zero attached hydrogens (tertiary/aromatic N) is 3. The molecular formula is C17H22N4O2. The van der Waals surface area contributed by atoms with Crippen LogP contribution in [0.2, 0.25) is 0 Å². The van der Waals surface area contributed by atoms with Gasteiger partial charge in [-0.3, -0.25) is 9.69 Å². The first kappa shape index (κ1) is 15.7. The number of imidazole rings is 1. The predicted octanol–water partition coefficient (Wildman–Crippen LogP) is 1.21. The van der Waals surface area contributed by atoms with Crippen LogP contribution < -0.4 is 5.32 Å². The molecule has 1 aliphatic heterocycles. The molecule has 0 spiro atoms. The summed E-state index contributed by atoms with van der Waals surface area (Å²) in [5.41, 5.74) is 2.13. The topological polar surface area (TPSA) is 59.4 Å². The summed E-state index contributed by atoms with van der Waals surface area (Å²) >= 11 is 0. The fourth-order valence-electron chi connectivity index (χ4n) is 2.93. The van der Waals surface area contributed by atoms with Gasteiger partial charge in [0.1, 0.15) is 0 Å². The number of hydrogen-bond donors (Lipinski definition) is 1. The molecule has 0 bridgehead atoms. The Bertz CT molecular complexity index is 639. The van der Waals surface area contributed by atoms with Crippen molar-refractivity contribution in [2.75, 3.05) is 20.7 Å². The van der Waals surface area contributed by atoms with Crippen LogP contribution in [0, 0.1) is 0 Å². The lowest BCUT2D eigenvalue weighted by Gasteiger charge is -2.18. The van der Waals surface area contributed by atoms with E-state index in [0.717, 1.165) is 24.2 Å². The Labute approximate surface area is 136 Å². The summed E-state index contributed by atoms with van der Waals surface area (Å²) in [6.45, 7) is 1.33. The van der Waals surface area contributed by atoms with Gasteiger partial charge in [0, 0.05) is 38.3 Å². The number of carbonyl (C=O) groups is 1. The molecule has 1 fully saturated rings. The molecule has 6 nitrogen and oxygen atoms in total. The number of nitrogens with one attached hydrogen (secondary N) is 1. The lowest BCUT2D eigenvalue weighted by Crippen LogP contribution is -2.41. The van der Waals surface area contributed by atoms with Crippen molar-refractivity contribution in [1.29, 1.82) is 0 Å². The molecule has 23 heavy (non-hydrogen) atoms. The van der Waals surface area contributed by atoms with Crippen LogP contribution in [0.15, 0.2) is 43.0 Å². The molecule has 1 saturated heterocycles. The first-order valence-corrected chi connectivity index (χ1v) is 7.75. The first-order valence-electron chi connectivity index (χ1n) is 7.75. The maximum atomic E-state index is 12.3. The predicted molar refractivity (Wildman–Crippen MR) is 87.2 cm³/mol. The van der Waals surface area contributed by atoms with Crippen LogP contribution in [0.25, 0.3) is 5.69 Å². The monoisotopic (exact) mass is 314 g/mol. The van der Waals surface area contributed by atoms with Crippen molar-refractivity contribution < 1.29 is 9.53 Å². The Morgan fingerprint density at radius 1 is 1.39 bits per heavy atom. The highest BCUT2D eigenvalue weighted by Crippen LogP contribution is 2.18. The summed E-state index contributed by atoms with van der Waals surface area (Å²) in [4.78, 5) is 18.4. The minimum absolute atomic E-state index is 0.0609. The van der Waals surface area contributed by atoms with E-state index in [1.807, 2.05) is 47.0 Å². The zero-order valence-electron chi connectivity index (χ0n) is 13.5. The number of carbonyl (C=O) groups excluding carboxylic acids is 1.